The first-order chi connectivity index (χ1) is 13.7. The molecule has 3 rings (SSSR count). The van der Waals surface area contributed by atoms with Gasteiger partial charge < -0.3 is 23.2 Å². The maximum atomic E-state index is 12.3. The van der Waals surface area contributed by atoms with Gasteiger partial charge in [-0.25, -0.2) is 13.2 Å². The minimum atomic E-state index is -4.56. The molecule has 0 fully saturated rings. The summed E-state index contributed by atoms with van der Waals surface area (Å²) in [5, 5.41) is 0.507. The quantitative estimate of drug-likeness (QED) is 0.294. The molecule has 0 saturated carbocycles. The summed E-state index contributed by atoms with van der Waals surface area (Å²) in [6.45, 7) is 3.58. The topological polar surface area (TPSA) is 115 Å². The summed E-state index contributed by atoms with van der Waals surface area (Å²) < 4.78 is 55.4. The van der Waals surface area contributed by atoms with Gasteiger partial charge in [-0.2, -0.15) is 0 Å². The van der Waals surface area contributed by atoms with Crippen LogP contribution in [0, 0.1) is 6.92 Å². The molecule has 0 saturated heterocycles. The predicted molar refractivity (Wildman–Crippen MR) is 102 cm³/mol. The fourth-order valence-corrected chi connectivity index (χ4v) is 3.45. The van der Waals surface area contributed by atoms with Gasteiger partial charge in [0.25, 0.3) is 0 Å². The number of hydrogen-bond donors (Lipinski definition) is 0. The van der Waals surface area contributed by atoms with E-state index in [1.165, 1.54) is 25.3 Å². The SMILES string of the molecule is CCOC(=O)c1c(C)oc2cc(OC)c(OCc3cccc(S(=O)(=O)[O-])c3)cc12.[Na+]. The van der Waals surface area contributed by atoms with Gasteiger partial charge in [0.2, 0.25) is 0 Å². The molecule has 0 aliphatic carbocycles. The summed E-state index contributed by atoms with van der Waals surface area (Å²) in [6, 6.07) is 8.76. The van der Waals surface area contributed by atoms with Crippen LogP contribution < -0.4 is 39.0 Å². The molecule has 0 atom stereocenters. The Labute approximate surface area is 196 Å². The van der Waals surface area contributed by atoms with E-state index in [2.05, 4.69) is 0 Å². The first kappa shape index (κ1) is 24.2. The van der Waals surface area contributed by atoms with Crippen molar-refractivity contribution in [2.75, 3.05) is 13.7 Å². The fourth-order valence-electron chi connectivity index (χ4n) is 2.91. The Kier molecular flexibility index (Phi) is 7.95. The third-order valence-corrected chi connectivity index (χ3v) is 5.04. The average Bonchev–Trinajstić information content (AvgIpc) is 3.00. The Morgan fingerprint density at radius 3 is 2.53 bits per heavy atom. The summed E-state index contributed by atoms with van der Waals surface area (Å²) in [7, 11) is -3.10. The molecule has 0 bridgehead atoms. The number of furan rings is 1. The van der Waals surface area contributed by atoms with E-state index in [1.807, 2.05) is 0 Å². The Hall–Kier alpha value is -2.04. The molecule has 1 aromatic heterocycles. The normalized spacial score (nSPS) is 11.1. The average molecular weight is 442 g/mol. The number of rotatable bonds is 7. The molecule has 0 radical (unpaired) electrons. The molecule has 8 nitrogen and oxygen atoms in total. The van der Waals surface area contributed by atoms with Crippen molar-refractivity contribution in [2.24, 2.45) is 0 Å². The van der Waals surface area contributed by atoms with Crippen LogP contribution in [0.3, 0.4) is 0 Å². The molecule has 154 valence electrons. The zero-order chi connectivity index (χ0) is 21.2. The van der Waals surface area contributed by atoms with Crippen LogP contribution in [0.1, 0.15) is 28.6 Å². The van der Waals surface area contributed by atoms with Crippen molar-refractivity contribution in [3.63, 3.8) is 0 Å². The summed E-state index contributed by atoms with van der Waals surface area (Å²) in [4.78, 5) is 11.9. The van der Waals surface area contributed by atoms with Crippen molar-refractivity contribution in [1.29, 1.82) is 0 Å². The maximum absolute atomic E-state index is 12.3. The number of fused-ring (bicyclic) bond motifs is 1. The fraction of sp³-hybridized carbons (Fsp3) is 0.250. The second-order valence-electron chi connectivity index (χ2n) is 6.14. The minimum Gasteiger partial charge on any atom is -0.744 e. The molecule has 0 aliphatic heterocycles. The van der Waals surface area contributed by atoms with Crippen LogP contribution in [0.4, 0.5) is 0 Å². The molecule has 0 aliphatic rings. The van der Waals surface area contributed by atoms with E-state index in [9.17, 15) is 17.8 Å². The van der Waals surface area contributed by atoms with Gasteiger partial charge in [-0.3, -0.25) is 0 Å². The van der Waals surface area contributed by atoms with E-state index >= 15 is 0 Å². The van der Waals surface area contributed by atoms with Gasteiger partial charge in [0.1, 0.15) is 33.6 Å². The van der Waals surface area contributed by atoms with Gasteiger partial charge in [-0.1, -0.05) is 12.1 Å². The Balaban J connectivity index is 0.00000320. The van der Waals surface area contributed by atoms with Crippen molar-refractivity contribution < 1.29 is 66.0 Å². The number of ether oxygens (including phenoxy) is 3. The molecule has 3 aromatic rings. The Morgan fingerprint density at radius 2 is 1.90 bits per heavy atom. The number of aryl methyl sites for hydroxylation is 1. The number of esters is 1. The van der Waals surface area contributed by atoms with E-state index in [0.717, 1.165) is 0 Å². The molecule has 0 amide bonds. The van der Waals surface area contributed by atoms with Crippen LogP contribution in [0.5, 0.6) is 11.5 Å². The predicted octanol–water partition coefficient (Wildman–Crippen LogP) is 0.414. The maximum Gasteiger partial charge on any atom is 1.00 e. The van der Waals surface area contributed by atoms with E-state index in [0.29, 0.717) is 39.4 Å². The number of methoxy groups -OCH3 is 1. The number of hydrogen-bond acceptors (Lipinski definition) is 8. The van der Waals surface area contributed by atoms with Crippen molar-refractivity contribution in [1.82, 2.24) is 0 Å². The third-order valence-electron chi connectivity index (χ3n) is 4.21. The molecule has 0 unspecified atom stereocenters. The number of benzene rings is 2. The molecule has 0 N–H and O–H groups in total. The van der Waals surface area contributed by atoms with Crippen LogP contribution in [-0.2, 0) is 21.5 Å². The van der Waals surface area contributed by atoms with Gasteiger partial charge in [-0.15, -0.1) is 0 Å². The summed E-state index contributed by atoms with van der Waals surface area (Å²) in [6.07, 6.45) is 0. The first-order valence-electron chi connectivity index (χ1n) is 8.70. The smallest absolute Gasteiger partial charge is 0.744 e. The zero-order valence-electron chi connectivity index (χ0n) is 17.1. The molecular weight excluding hydrogens is 423 g/mol. The molecule has 1 heterocycles. The standard InChI is InChI=1S/C20H20O8S.Na/c1-4-26-20(21)19-12(2)28-16-10-17(25-3)18(9-15(16)19)27-11-13-6-5-7-14(8-13)29(22,23)24;/h5-10H,4,11H2,1-3H3,(H,22,23,24);/q;+1/p-1. The number of carbonyl (C=O) groups excluding carboxylic acids is 1. The third kappa shape index (κ3) is 5.16. The number of carbonyl (C=O) groups is 1. The van der Waals surface area contributed by atoms with Gasteiger partial charge in [0.15, 0.2) is 11.5 Å². The monoisotopic (exact) mass is 442 g/mol. The largest absolute Gasteiger partial charge is 1.00 e. The molecule has 2 aromatic carbocycles. The van der Waals surface area contributed by atoms with Crippen LogP contribution in [0.2, 0.25) is 0 Å². The van der Waals surface area contributed by atoms with Gasteiger partial charge in [-0.05, 0) is 37.6 Å². The summed E-state index contributed by atoms with van der Waals surface area (Å²) in [5.74, 6) is 0.593. The summed E-state index contributed by atoms with van der Waals surface area (Å²) in [5.41, 5.74) is 1.22. The van der Waals surface area contributed by atoms with E-state index in [-0.39, 0.29) is 47.7 Å². The van der Waals surface area contributed by atoms with E-state index in [4.69, 9.17) is 18.6 Å². The van der Waals surface area contributed by atoms with E-state index < -0.39 is 16.1 Å². The van der Waals surface area contributed by atoms with Crippen LogP contribution in [0.25, 0.3) is 11.0 Å². The molecule has 30 heavy (non-hydrogen) atoms. The summed E-state index contributed by atoms with van der Waals surface area (Å²) >= 11 is 0. The van der Waals surface area contributed by atoms with Crippen molar-refractivity contribution in [3.05, 3.63) is 53.3 Å². The van der Waals surface area contributed by atoms with Gasteiger partial charge in [0.05, 0.1) is 18.6 Å². The Morgan fingerprint density at radius 1 is 1.17 bits per heavy atom. The molecule has 10 heteroatoms. The van der Waals surface area contributed by atoms with Crippen molar-refractivity contribution in [3.8, 4) is 11.5 Å². The second kappa shape index (κ2) is 9.84. The minimum absolute atomic E-state index is 0. The second-order valence-corrected chi connectivity index (χ2v) is 7.52. The first-order valence-corrected chi connectivity index (χ1v) is 10.1. The Bertz CT molecular complexity index is 1170. The van der Waals surface area contributed by atoms with Crippen molar-refractivity contribution >= 4 is 27.1 Å². The van der Waals surface area contributed by atoms with Gasteiger partial charge >= 0.3 is 35.5 Å². The molecule has 0 spiro atoms. The van der Waals surface area contributed by atoms with Crippen LogP contribution >= 0.6 is 0 Å². The van der Waals surface area contributed by atoms with Crippen LogP contribution in [-0.4, -0.2) is 32.7 Å². The molecular formula is C20H19NaO8S. The van der Waals surface area contributed by atoms with Gasteiger partial charge in [0, 0.05) is 11.5 Å². The van der Waals surface area contributed by atoms with Crippen molar-refractivity contribution in [2.45, 2.75) is 25.3 Å². The van der Waals surface area contributed by atoms with E-state index in [1.54, 1.807) is 32.0 Å². The van der Waals surface area contributed by atoms with Crippen LogP contribution in [0.15, 0.2) is 45.7 Å². The zero-order valence-corrected chi connectivity index (χ0v) is 19.9.